The molecule has 0 spiro atoms. The first-order valence-electron chi connectivity index (χ1n) is 22.7. The number of carbonyl (C=O) groups is 3. The Bertz CT molecular complexity index is 2880. The molecule has 15 heteroatoms. The number of hydrogen-bond donors (Lipinski definition) is 0. The number of piperidine rings is 2. The highest BCUT2D eigenvalue weighted by Crippen LogP contribution is 2.38. The summed E-state index contributed by atoms with van der Waals surface area (Å²) in [6.45, 7) is 17.6. The van der Waals surface area contributed by atoms with Crippen molar-refractivity contribution in [3.05, 3.63) is 181 Å². The molecule has 0 radical (unpaired) electrons. The van der Waals surface area contributed by atoms with Crippen molar-refractivity contribution in [3.8, 4) is 40.2 Å². The molecule has 2 fully saturated rings. The lowest BCUT2D eigenvalue weighted by Gasteiger charge is -2.29. The topological polar surface area (TPSA) is 149 Å². The summed E-state index contributed by atoms with van der Waals surface area (Å²) in [5.41, 5.74) is 9.46. The molecule has 70 heavy (non-hydrogen) atoms. The first kappa shape index (κ1) is 48.7. The number of ketones is 1. The number of nitriles is 1. The Labute approximate surface area is 416 Å². The minimum absolute atomic E-state index is 0.0329. The van der Waals surface area contributed by atoms with Crippen molar-refractivity contribution in [3.63, 3.8) is 0 Å². The van der Waals surface area contributed by atoms with E-state index in [0.717, 1.165) is 51.8 Å². The Morgan fingerprint density at radius 3 is 1.64 bits per heavy atom. The van der Waals surface area contributed by atoms with Gasteiger partial charge in [-0.3, -0.25) is 24.4 Å². The number of halogens is 2. The van der Waals surface area contributed by atoms with Crippen LogP contribution in [0.15, 0.2) is 110 Å². The van der Waals surface area contributed by atoms with E-state index in [1.807, 2.05) is 44.2 Å². The molecule has 2 aromatic heterocycles. The molecular weight excluding hydrogens is 928 g/mol. The number of nitrogens with zero attached hydrogens (tertiary/aromatic N) is 6. The van der Waals surface area contributed by atoms with Crippen LogP contribution in [0.4, 0.5) is 5.69 Å². The molecule has 354 valence electrons. The predicted molar refractivity (Wildman–Crippen MR) is 265 cm³/mol. The molecule has 4 aromatic carbocycles. The fourth-order valence-electron chi connectivity index (χ4n) is 8.33. The Hall–Kier alpha value is -7.71. The Kier molecular flexibility index (Phi) is 15.4. The molecule has 2 aliphatic rings. The monoisotopic (exact) mass is 974 g/mol. The summed E-state index contributed by atoms with van der Waals surface area (Å²) < 4.78 is 25.2. The fourth-order valence-corrected chi connectivity index (χ4v) is 8.76. The zero-order valence-electron chi connectivity index (χ0n) is 38.7. The van der Waals surface area contributed by atoms with Crippen LogP contribution in [0.3, 0.4) is 0 Å². The highest BCUT2D eigenvalue weighted by Gasteiger charge is 2.28. The van der Waals surface area contributed by atoms with Crippen molar-refractivity contribution in [1.82, 2.24) is 19.8 Å². The normalized spacial score (nSPS) is 13.6. The Morgan fingerprint density at radius 2 is 1.14 bits per heavy atom. The number of ether oxygens (including phenoxy) is 4. The average Bonchev–Trinajstić information content (AvgIpc) is 3.38. The van der Waals surface area contributed by atoms with Gasteiger partial charge in [0.2, 0.25) is 5.69 Å². The second kappa shape index (κ2) is 22.1. The summed E-state index contributed by atoms with van der Waals surface area (Å²) >= 11 is 13.7. The van der Waals surface area contributed by atoms with E-state index in [1.54, 1.807) is 52.5 Å². The third kappa shape index (κ3) is 11.4. The molecule has 2 amide bonds. The zero-order chi connectivity index (χ0) is 49.3. The molecule has 0 saturated carbocycles. The van der Waals surface area contributed by atoms with Gasteiger partial charge in [0.25, 0.3) is 11.8 Å². The van der Waals surface area contributed by atoms with Crippen LogP contribution < -0.4 is 18.9 Å². The largest absolute Gasteiger partial charge is 0.488 e. The maximum absolute atomic E-state index is 13.9. The van der Waals surface area contributed by atoms with Crippen LogP contribution in [-0.4, -0.2) is 63.5 Å². The molecule has 13 nitrogen and oxygen atoms in total. The highest BCUT2D eigenvalue weighted by atomic mass is 35.5. The Morgan fingerprint density at radius 1 is 0.671 bits per heavy atom. The minimum atomic E-state index is -0.309. The SMILES string of the molecule is [C-]#[N+]c1cncc(COc2cc(OCc3cccc(-c4cccc(COc5cc(OCc6cncc(C#N)c6)c(C(=O)N6CCC(=C)CC6)cc5Cl)c4C)c3C)c(Cl)cc2C(=O)N2CCC(=O)CC2)c1. The molecule has 2 saturated heterocycles. The van der Waals surface area contributed by atoms with Crippen LogP contribution >= 0.6 is 23.2 Å². The molecule has 8 rings (SSSR count). The predicted octanol–water partition coefficient (Wildman–Crippen LogP) is 11.4. The third-order valence-electron chi connectivity index (χ3n) is 12.5. The summed E-state index contributed by atoms with van der Waals surface area (Å²) in [5.74, 6) is 0.778. The number of aromatic nitrogens is 2. The van der Waals surface area contributed by atoms with Crippen molar-refractivity contribution in [2.75, 3.05) is 26.2 Å². The molecule has 4 heterocycles. The van der Waals surface area contributed by atoms with E-state index < -0.39 is 0 Å². The number of pyridine rings is 2. The maximum atomic E-state index is 13.9. The van der Waals surface area contributed by atoms with Gasteiger partial charge in [-0.25, -0.2) is 4.85 Å². The summed E-state index contributed by atoms with van der Waals surface area (Å²) in [6, 6.07) is 23.8. The van der Waals surface area contributed by atoms with Crippen molar-refractivity contribution < 1.29 is 33.3 Å². The van der Waals surface area contributed by atoms with Gasteiger partial charge in [0, 0.05) is 81.5 Å². The lowest BCUT2D eigenvalue weighted by atomic mass is 9.92. The first-order valence-corrected chi connectivity index (χ1v) is 23.4. The highest BCUT2D eigenvalue weighted by molar-refractivity contribution is 6.33. The van der Waals surface area contributed by atoms with E-state index in [9.17, 15) is 19.6 Å². The number of benzene rings is 4. The molecule has 2 aliphatic heterocycles. The number of likely N-dealkylation sites (tertiary alicyclic amines) is 2. The van der Waals surface area contributed by atoms with E-state index in [4.69, 9.17) is 48.7 Å². The number of rotatable bonds is 15. The Balaban J connectivity index is 1.01. The van der Waals surface area contributed by atoms with Gasteiger partial charge in [-0.05, 0) is 89.9 Å². The van der Waals surface area contributed by atoms with Crippen LogP contribution in [0, 0.1) is 31.8 Å². The van der Waals surface area contributed by atoms with Gasteiger partial charge in [-0.15, -0.1) is 0 Å². The second-order valence-corrected chi connectivity index (χ2v) is 17.9. The summed E-state index contributed by atoms with van der Waals surface area (Å²) in [6.07, 6.45) is 8.15. The van der Waals surface area contributed by atoms with E-state index in [1.165, 1.54) is 18.5 Å². The number of amides is 2. The van der Waals surface area contributed by atoms with Gasteiger partial charge in [0.1, 0.15) is 61.3 Å². The number of hydrogen-bond acceptors (Lipinski definition) is 10. The summed E-state index contributed by atoms with van der Waals surface area (Å²) in [5, 5.41) is 9.88. The standard InChI is InChI=1S/C55H48Cl2N6O7/c1-34-11-15-62(16-12-34)54(65)46-21-48(56)52(23-50(46)67-30-38-19-37(25-58)26-60-27-38)69-32-40-7-5-9-44(35(40)2)45-10-6-8-41(36(45)3)33-70-53-24-51(68-31-39-20-42(59-4)29-61-28-39)47(22-49(53)57)55(66)63-17-13-43(64)14-18-63/h5-10,19-24,26-29H,1,11-18,30-33H2,2-3H3. The molecule has 0 aliphatic carbocycles. The van der Waals surface area contributed by atoms with Crippen LogP contribution in [0.1, 0.15) is 85.3 Å². The fraction of sp³-hybridized carbons (Fsp3) is 0.255. The number of Topliss-reactive ketones (excluding diaryl/α,β-unsaturated/α-hetero) is 1. The van der Waals surface area contributed by atoms with Crippen molar-refractivity contribution in [1.29, 1.82) is 5.26 Å². The zero-order valence-corrected chi connectivity index (χ0v) is 40.2. The molecule has 0 bridgehead atoms. The molecular formula is C55H48Cl2N6O7. The van der Waals surface area contributed by atoms with Crippen molar-refractivity contribution in [2.24, 2.45) is 0 Å². The summed E-state index contributed by atoms with van der Waals surface area (Å²) in [7, 11) is 0. The third-order valence-corrected chi connectivity index (χ3v) is 13.1. The molecule has 6 aromatic rings. The van der Waals surface area contributed by atoms with Crippen LogP contribution in [0.2, 0.25) is 10.0 Å². The average molecular weight is 976 g/mol. The quantitative estimate of drug-likeness (QED) is 0.0719. The maximum Gasteiger partial charge on any atom is 0.257 e. The van der Waals surface area contributed by atoms with E-state index >= 15 is 0 Å². The number of carbonyl (C=O) groups excluding carboxylic acids is 3. The van der Waals surface area contributed by atoms with Crippen molar-refractivity contribution in [2.45, 2.75) is 66.0 Å². The van der Waals surface area contributed by atoms with Gasteiger partial charge < -0.3 is 28.7 Å². The smallest absolute Gasteiger partial charge is 0.257 e. The van der Waals surface area contributed by atoms with E-state index in [0.29, 0.717) is 71.4 Å². The van der Waals surface area contributed by atoms with Crippen LogP contribution in [0.25, 0.3) is 16.0 Å². The van der Waals surface area contributed by atoms with Crippen molar-refractivity contribution >= 4 is 46.5 Å². The van der Waals surface area contributed by atoms with E-state index in [2.05, 4.69) is 33.5 Å². The van der Waals surface area contributed by atoms with E-state index in [-0.39, 0.29) is 78.2 Å². The molecule has 0 unspecified atom stereocenters. The lowest BCUT2D eigenvalue weighted by molar-refractivity contribution is -0.120. The van der Waals surface area contributed by atoms with Gasteiger partial charge in [0.15, 0.2) is 0 Å². The summed E-state index contributed by atoms with van der Waals surface area (Å²) in [4.78, 5) is 54.8. The van der Waals surface area contributed by atoms with Gasteiger partial charge >= 0.3 is 0 Å². The molecule has 0 N–H and O–H groups in total. The van der Waals surface area contributed by atoms with Crippen LogP contribution in [0.5, 0.6) is 23.0 Å². The first-order chi connectivity index (χ1) is 33.9. The van der Waals surface area contributed by atoms with Gasteiger partial charge in [0.05, 0.1) is 33.3 Å². The minimum Gasteiger partial charge on any atom is -0.488 e. The van der Waals surface area contributed by atoms with Crippen LogP contribution in [-0.2, 0) is 31.2 Å². The lowest BCUT2D eigenvalue weighted by Crippen LogP contribution is -2.38. The second-order valence-electron chi connectivity index (χ2n) is 17.1. The van der Waals surface area contributed by atoms with Gasteiger partial charge in [-0.2, -0.15) is 5.26 Å². The van der Waals surface area contributed by atoms with Gasteiger partial charge in [-0.1, -0.05) is 71.8 Å². The molecule has 0 atom stereocenters.